The molecule has 53 heavy (non-hydrogen) atoms. The van der Waals surface area contributed by atoms with E-state index in [0.717, 1.165) is 62.5 Å². The van der Waals surface area contributed by atoms with Crippen molar-refractivity contribution in [3.05, 3.63) is 218 Å². The van der Waals surface area contributed by atoms with Crippen LogP contribution >= 0.6 is 0 Å². The number of allylic oxidation sites excluding steroid dienone is 6. The summed E-state index contributed by atoms with van der Waals surface area (Å²) in [7, 11) is 0. The van der Waals surface area contributed by atoms with Crippen molar-refractivity contribution in [2.45, 2.75) is 6.42 Å². The first-order chi connectivity index (χ1) is 26.2. The van der Waals surface area contributed by atoms with Crippen LogP contribution in [-0.4, -0.2) is 0 Å². The lowest BCUT2D eigenvalue weighted by molar-refractivity contribution is 0.564. The highest BCUT2D eigenvalue weighted by Gasteiger charge is 2.16. The van der Waals surface area contributed by atoms with Crippen LogP contribution in [0.1, 0.15) is 11.3 Å². The maximum absolute atomic E-state index is 6.44. The topological polar surface area (TPSA) is 16.4 Å². The van der Waals surface area contributed by atoms with E-state index >= 15 is 0 Å². The molecule has 0 saturated carbocycles. The highest BCUT2D eigenvalue weighted by atomic mass is 16.3. The van der Waals surface area contributed by atoms with Crippen LogP contribution in [0.2, 0.25) is 0 Å². The van der Waals surface area contributed by atoms with Gasteiger partial charge in [0, 0.05) is 34.4 Å². The molecule has 0 spiro atoms. The number of fused-ring (bicyclic) bond motifs is 4. The number of hydrogen-bond acceptors (Lipinski definition) is 2. The molecule has 0 amide bonds. The zero-order chi connectivity index (χ0) is 35.6. The molecule has 8 aromatic rings. The summed E-state index contributed by atoms with van der Waals surface area (Å²) in [4.78, 5) is 2.33. The molecule has 9 rings (SSSR count). The summed E-state index contributed by atoms with van der Waals surface area (Å²) in [5.41, 5.74) is 13.3. The molecular formula is C51H37NO. The molecule has 1 aliphatic carbocycles. The Balaban J connectivity index is 1.06. The average molecular weight is 680 g/mol. The van der Waals surface area contributed by atoms with E-state index in [0.29, 0.717) is 0 Å². The summed E-state index contributed by atoms with van der Waals surface area (Å²) in [6.07, 6.45) is 13.1. The van der Waals surface area contributed by atoms with Crippen LogP contribution in [0.3, 0.4) is 0 Å². The minimum atomic E-state index is 0.737. The van der Waals surface area contributed by atoms with Crippen molar-refractivity contribution in [1.29, 1.82) is 0 Å². The third kappa shape index (κ3) is 6.55. The van der Waals surface area contributed by atoms with Gasteiger partial charge in [0.25, 0.3) is 0 Å². The predicted octanol–water partition coefficient (Wildman–Crippen LogP) is 14.3. The lowest BCUT2D eigenvalue weighted by Gasteiger charge is -2.26. The van der Waals surface area contributed by atoms with Crippen molar-refractivity contribution in [2.75, 3.05) is 4.90 Å². The Labute approximate surface area is 310 Å². The van der Waals surface area contributed by atoms with Crippen molar-refractivity contribution in [3.8, 4) is 33.4 Å². The van der Waals surface area contributed by atoms with E-state index in [4.69, 9.17) is 4.42 Å². The van der Waals surface area contributed by atoms with Crippen molar-refractivity contribution < 1.29 is 4.42 Å². The van der Waals surface area contributed by atoms with Crippen LogP contribution in [0.25, 0.3) is 61.2 Å². The van der Waals surface area contributed by atoms with Crippen molar-refractivity contribution in [1.82, 2.24) is 0 Å². The Hall–Kier alpha value is -6.90. The van der Waals surface area contributed by atoms with Crippen molar-refractivity contribution in [2.24, 2.45) is 0 Å². The highest BCUT2D eigenvalue weighted by molar-refractivity contribution is 5.92. The first-order valence-corrected chi connectivity index (χ1v) is 18.1. The summed E-state index contributed by atoms with van der Waals surface area (Å²) in [5.74, 6) is 0.962. The molecule has 2 nitrogen and oxygen atoms in total. The maximum Gasteiger partial charge on any atom is 0.135 e. The zero-order valence-electron chi connectivity index (χ0n) is 29.3. The third-order valence-corrected chi connectivity index (χ3v) is 10.0. The SMILES string of the molecule is C=C1/C=C\C=C/Cc2oc3cc(-c4ccc(N(c5ccc(-c6ccccc6)cc5)c5ccc(-c6ccc7ccccc7c6)cc5)cc4)ccc3c2/C=C\1. The molecule has 0 bridgehead atoms. The fourth-order valence-electron chi connectivity index (χ4n) is 7.22. The fourth-order valence-corrected chi connectivity index (χ4v) is 7.22. The molecule has 0 unspecified atom stereocenters. The largest absolute Gasteiger partial charge is 0.460 e. The van der Waals surface area contributed by atoms with E-state index < -0.39 is 0 Å². The monoisotopic (exact) mass is 679 g/mol. The van der Waals surface area contributed by atoms with Gasteiger partial charge in [0.2, 0.25) is 0 Å². The third-order valence-electron chi connectivity index (χ3n) is 10.0. The average Bonchev–Trinajstić information content (AvgIpc) is 3.57. The molecule has 1 aromatic heterocycles. The van der Waals surface area contributed by atoms with Crippen molar-refractivity contribution >= 4 is 44.9 Å². The normalized spacial score (nSPS) is 14.5. The highest BCUT2D eigenvalue weighted by Crippen LogP contribution is 2.39. The van der Waals surface area contributed by atoms with Gasteiger partial charge in [0.15, 0.2) is 0 Å². The van der Waals surface area contributed by atoms with Gasteiger partial charge >= 0.3 is 0 Å². The summed E-state index contributed by atoms with van der Waals surface area (Å²) >= 11 is 0. The quantitative estimate of drug-likeness (QED) is 0.174. The molecule has 1 aliphatic rings. The molecule has 1 heterocycles. The molecule has 0 fully saturated rings. The Kier molecular flexibility index (Phi) is 8.47. The van der Waals surface area contributed by atoms with Gasteiger partial charge < -0.3 is 9.32 Å². The van der Waals surface area contributed by atoms with E-state index in [1.807, 2.05) is 18.2 Å². The minimum absolute atomic E-state index is 0.737. The van der Waals surface area contributed by atoms with Crippen LogP contribution in [0.5, 0.6) is 0 Å². The number of benzene rings is 7. The Bertz CT molecular complexity index is 2670. The zero-order valence-corrected chi connectivity index (χ0v) is 29.3. The van der Waals surface area contributed by atoms with E-state index in [1.54, 1.807) is 0 Å². The molecule has 0 radical (unpaired) electrons. The number of rotatable bonds is 6. The van der Waals surface area contributed by atoms with E-state index in [1.165, 1.54) is 33.0 Å². The van der Waals surface area contributed by atoms with E-state index in [9.17, 15) is 0 Å². The van der Waals surface area contributed by atoms with Gasteiger partial charge in [-0.15, -0.1) is 0 Å². The molecule has 252 valence electrons. The number of furan rings is 1. The van der Waals surface area contributed by atoms with Crippen LogP contribution in [0.4, 0.5) is 17.1 Å². The van der Waals surface area contributed by atoms with Gasteiger partial charge in [0.1, 0.15) is 11.3 Å². The van der Waals surface area contributed by atoms with E-state index in [2.05, 4.69) is 193 Å². The molecule has 0 aliphatic heterocycles. The van der Waals surface area contributed by atoms with Crippen molar-refractivity contribution in [3.63, 3.8) is 0 Å². The van der Waals surface area contributed by atoms with Crippen LogP contribution in [0.15, 0.2) is 211 Å². The van der Waals surface area contributed by atoms with Gasteiger partial charge in [-0.3, -0.25) is 0 Å². The van der Waals surface area contributed by atoms with Crippen LogP contribution < -0.4 is 4.90 Å². The number of hydrogen-bond donors (Lipinski definition) is 0. The van der Waals surface area contributed by atoms with E-state index in [-0.39, 0.29) is 0 Å². The van der Waals surface area contributed by atoms with Gasteiger partial charge in [-0.05, 0) is 104 Å². The Morgan fingerprint density at radius 1 is 0.453 bits per heavy atom. The fraction of sp³-hybridized carbons (Fsp3) is 0.0196. The molecule has 7 aromatic carbocycles. The molecule has 0 saturated heterocycles. The Morgan fingerprint density at radius 3 is 1.68 bits per heavy atom. The summed E-state index contributed by atoms with van der Waals surface area (Å²) in [6.45, 7) is 4.14. The number of anilines is 3. The predicted molar refractivity (Wildman–Crippen MR) is 225 cm³/mol. The van der Waals surface area contributed by atoms with Gasteiger partial charge in [-0.25, -0.2) is 0 Å². The molecule has 0 N–H and O–H groups in total. The second kappa shape index (κ2) is 14.0. The lowest BCUT2D eigenvalue weighted by atomic mass is 10.00. The minimum Gasteiger partial charge on any atom is -0.460 e. The van der Waals surface area contributed by atoms with Gasteiger partial charge in [0.05, 0.1) is 0 Å². The summed E-state index contributed by atoms with van der Waals surface area (Å²) in [6, 6.07) is 58.8. The molecular weight excluding hydrogens is 643 g/mol. The summed E-state index contributed by atoms with van der Waals surface area (Å²) in [5, 5.41) is 3.61. The first-order valence-electron chi connectivity index (χ1n) is 18.1. The molecule has 2 heteroatoms. The van der Waals surface area contributed by atoms with Crippen LogP contribution in [-0.2, 0) is 6.42 Å². The second-order valence-electron chi connectivity index (χ2n) is 13.5. The van der Waals surface area contributed by atoms with Crippen LogP contribution in [0, 0.1) is 0 Å². The number of nitrogens with zero attached hydrogens (tertiary/aromatic N) is 1. The molecule has 0 atom stereocenters. The van der Waals surface area contributed by atoms with Gasteiger partial charge in [-0.1, -0.05) is 152 Å². The maximum atomic E-state index is 6.44. The first kappa shape index (κ1) is 32.0. The Morgan fingerprint density at radius 2 is 1.00 bits per heavy atom. The summed E-state index contributed by atoms with van der Waals surface area (Å²) < 4.78 is 6.44. The second-order valence-corrected chi connectivity index (χ2v) is 13.5. The van der Waals surface area contributed by atoms with Gasteiger partial charge in [-0.2, -0.15) is 0 Å². The standard InChI is InChI=1S/C51H37NO/c1-36-10-4-2-7-15-50-48(32-16-36)49-33-25-44(35-51(49)53-50)41-23-30-47(31-24-41)52(45-26-19-39(20-27-45)37-11-5-3-6-12-37)46-28-21-40(22-29-46)43-18-17-38-13-8-9-14-42(38)34-43/h2-14,16-35H,1,15H2/b7-2-,10-4-,32-16-. The smallest absolute Gasteiger partial charge is 0.135 e. The lowest BCUT2D eigenvalue weighted by Crippen LogP contribution is -2.09.